The van der Waals surface area contributed by atoms with E-state index in [1.807, 2.05) is 12.1 Å². The molecule has 3 rings (SSSR count). The topological polar surface area (TPSA) is 38.8 Å². The maximum Gasteiger partial charge on any atom is 0.347 e. The molecule has 2 saturated heterocycles. The zero-order valence-corrected chi connectivity index (χ0v) is 16.1. The molecule has 2 aliphatic heterocycles. The van der Waals surface area contributed by atoms with Crippen LogP contribution in [-0.4, -0.2) is 42.2 Å². The summed E-state index contributed by atoms with van der Waals surface area (Å²) in [6, 6.07) is 9.11. The van der Waals surface area contributed by atoms with Crippen molar-refractivity contribution >= 4 is 5.97 Å². The summed E-state index contributed by atoms with van der Waals surface area (Å²) in [4.78, 5) is 14.8. The molecular formula is C21H31NO3. The fourth-order valence-electron chi connectivity index (χ4n) is 4.00. The molecule has 0 aliphatic carbocycles. The number of hydrogen-bond acceptors (Lipinski definition) is 4. The maximum atomic E-state index is 12.4. The van der Waals surface area contributed by atoms with Gasteiger partial charge >= 0.3 is 5.97 Å². The molecule has 2 heterocycles. The van der Waals surface area contributed by atoms with Crippen molar-refractivity contribution in [3.8, 4) is 5.75 Å². The first-order chi connectivity index (χ1) is 11.7. The SMILES string of the molecule is CC(Oc1ccc(C(C)(C)C)cc1)C(=O)OC1CC2CCC(C1)N2C. The van der Waals surface area contributed by atoms with Gasteiger partial charge in [0.2, 0.25) is 0 Å². The number of ether oxygens (including phenoxy) is 2. The molecule has 0 saturated carbocycles. The Balaban J connectivity index is 1.53. The molecule has 138 valence electrons. The van der Waals surface area contributed by atoms with Crippen LogP contribution in [0.25, 0.3) is 0 Å². The summed E-state index contributed by atoms with van der Waals surface area (Å²) in [6.07, 6.45) is 3.80. The number of carbonyl (C=O) groups excluding carboxylic acids is 1. The molecule has 0 amide bonds. The highest BCUT2D eigenvalue weighted by Crippen LogP contribution is 2.35. The summed E-state index contributed by atoms with van der Waals surface area (Å²) in [7, 11) is 2.19. The lowest BCUT2D eigenvalue weighted by atomic mass is 9.87. The molecule has 1 aromatic carbocycles. The highest BCUT2D eigenvalue weighted by molar-refractivity contribution is 5.74. The highest BCUT2D eigenvalue weighted by Gasteiger charge is 2.40. The maximum absolute atomic E-state index is 12.4. The van der Waals surface area contributed by atoms with Gasteiger partial charge in [-0.15, -0.1) is 0 Å². The third-order valence-corrected chi connectivity index (χ3v) is 5.70. The lowest BCUT2D eigenvalue weighted by Gasteiger charge is -2.36. The van der Waals surface area contributed by atoms with Crippen molar-refractivity contribution in [3.63, 3.8) is 0 Å². The van der Waals surface area contributed by atoms with E-state index in [1.165, 1.54) is 18.4 Å². The molecule has 3 unspecified atom stereocenters. The van der Waals surface area contributed by atoms with Crippen LogP contribution in [0.4, 0.5) is 0 Å². The third kappa shape index (κ3) is 4.17. The van der Waals surface area contributed by atoms with Crippen molar-refractivity contribution in [2.45, 2.75) is 83.1 Å². The van der Waals surface area contributed by atoms with Crippen LogP contribution in [0.5, 0.6) is 5.75 Å². The number of fused-ring (bicyclic) bond motifs is 2. The predicted molar refractivity (Wildman–Crippen MR) is 98.9 cm³/mol. The number of esters is 1. The first-order valence-electron chi connectivity index (χ1n) is 9.43. The van der Waals surface area contributed by atoms with Crippen molar-refractivity contribution in [1.82, 2.24) is 4.90 Å². The van der Waals surface area contributed by atoms with E-state index < -0.39 is 6.10 Å². The molecule has 2 aliphatic rings. The van der Waals surface area contributed by atoms with Crippen LogP contribution in [0.2, 0.25) is 0 Å². The van der Waals surface area contributed by atoms with Crippen molar-refractivity contribution in [1.29, 1.82) is 0 Å². The van der Waals surface area contributed by atoms with Gasteiger partial charge in [0.25, 0.3) is 0 Å². The number of benzene rings is 1. The normalized spacial score (nSPS) is 27.8. The highest BCUT2D eigenvalue weighted by atomic mass is 16.6. The van der Waals surface area contributed by atoms with Crippen LogP contribution in [0, 0.1) is 0 Å². The molecule has 4 heteroatoms. The van der Waals surface area contributed by atoms with Gasteiger partial charge in [0.1, 0.15) is 11.9 Å². The molecule has 0 N–H and O–H groups in total. The minimum absolute atomic E-state index is 0.0375. The van der Waals surface area contributed by atoms with Crippen molar-refractivity contribution in [3.05, 3.63) is 29.8 Å². The summed E-state index contributed by atoms with van der Waals surface area (Å²) in [5.74, 6) is 0.453. The number of hydrogen-bond donors (Lipinski definition) is 0. The molecule has 25 heavy (non-hydrogen) atoms. The predicted octanol–water partition coefficient (Wildman–Crippen LogP) is 3.92. The molecule has 0 spiro atoms. The molecule has 1 aromatic rings. The fraction of sp³-hybridized carbons (Fsp3) is 0.667. The molecule has 3 atom stereocenters. The van der Waals surface area contributed by atoms with E-state index in [2.05, 4.69) is 44.9 Å². The smallest absolute Gasteiger partial charge is 0.347 e. The Morgan fingerprint density at radius 1 is 1.12 bits per heavy atom. The molecular weight excluding hydrogens is 314 g/mol. The van der Waals surface area contributed by atoms with E-state index in [0.29, 0.717) is 17.8 Å². The fourth-order valence-corrected chi connectivity index (χ4v) is 4.00. The number of piperidine rings is 1. The van der Waals surface area contributed by atoms with E-state index in [-0.39, 0.29) is 17.5 Å². The van der Waals surface area contributed by atoms with Crippen molar-refractivity contribution < 1.29 is 14.3 Å². The van der Waals surface area contributed by atoms with Gasteiger partial charge in [-0.1, -0.05) is 32.9 Å². The molecule has 0 radical (unpaired) electrons. The summed E-state index contributed by atoms with van der Waals surface area (Å²) in [5, 5.41) is 0. The Labute approximate surface area is 151 Å². The number of carbonyl (C=O) groups is 1. The first kappa shape index (κ1) is 18.2. The van der Waals surface area contributed by atoms with E-state index in [1.54, 1.807) is 6.92 Å². The van der Waals surface area contributed by atoms with E-state index in [9.17, 15) is 4.79 Å². The second-order valence-electron chi connectivity index (χ2n) is 8.62. The van der Waals surface area contributed by atoms with E-state index in [4.69, 9.17) is 9.47 Å². The number of nitrogens with zero attached hydrogens (tertiary/aromatic N) is 1. The van der Waals surface area contributed by atoms with Gasteiger partial charge in [-0.05, 0) is 62.8 Å². The van der Waals surface area contributed by atoms with Gasteiger partial charge in [-0.3, -0.25) is 0 Å². The zero-order valence-electron chi connectivity index (χ0n) is 16.1. The van der Waals surface area contributed by atoms with E-state index in [0.717, 1.165) is 12.8 Å². The minimum atomic E-state index is -0.585. The second-order valence-corrected chi connectivity index (χ2v) is 8.62. The third-order valence-electron chi connectivity index (χ3n) is 5.70. The van der Waals surface area contributed by atoms with Gasteiger partial charge in [-0.2, -0.15) is 0 Å². The Morgan fingerprint density at radius 2 is 1.68 bits per heavy atom. The van der Waals surface area contributed by atoms with Crippen LogP contribution in [0.1, 0.15) is 58.9 Å². The second kappa shape index (κ2) is 6.99. The van der Waals surface area contributed by atoms with Crippen LogP contribution < -0.4 is 4.74 Å². The lowest BCUT2D eigenvalue weighted by molar-refractivity contribution is -0.159. The quantitative estimate of drug-likeness (QED) is 0.775. The van der Waals surface area contributed by atoms with Crippen molar-refractivity contribution in [2.75, 3.05) is 7.05 Å². The average Bonchev–Trinajstić information content (AvgIpc) is 2.76. The first-order valence-corrected chi connectivity index (χ1v) is 9.43. The van der Waals surface area contributed by atoms with Crippen LogP contribution >= 0.6 is 0 Å². The Hall–Kier alpha value is -1.55. The van der Waals surface area contributed by atoms with E-state index >= 15 is 0 Å². The Kier molecular flexibility index (Phi) is 5.10. The van der Waals surface area contributed by atoms with Crippen molar-refractivity contribution in [2.24, 2.45) is 0 Å². The van der Waals surface area contributed by atoms with Gasteiger partial charge < -0.3 is 14.4 Å². The van der Waals surface area contributed by atoms with Gasteiger partial charge in [0.15, 0.2) is 6.10 Å². The van der Waals surface area contributed by atoms with Crippen LogP contribution in [0.3, 0.4) is 0 Å². The minimum Gasteiger partial charge on any atom is -0.479 e. The van der Waals surface area contributed by atoms with Crippen LogP contribution in [-0.2, 0) is 14.9 Å². The largest absolute Gasteiger partial charge is 0.479 e. The summed E-state index contributed by atoms with van der Waals surface area (Å²) in [5.41, 5.74) is 1.35. The van der Waals surface area contributed by atoms with Crippen LogP contribution in [0.15, 0.2) is 24.3 Å². The standard InChI is InChI=1S/C21H31NO3/c1-14(24-18-10-6-15(7-11-18)21(2,3)4)20(23)25-19-12-16-8-9-17(13-19)22(16)5/h6-7,10-11,14,16-17,19H,8-9,12-13H2,1-5H3. The Morgan fingerprint density at radius 3 is 2.20 bits per heavy atom. The zero-order chi connectivity index (χ0) is 18.2. The summed E-state index contributed by atoms with van der Waals surface area (Å²) >= 11 is 0. The van der Waals surface area contributed by atoms with Gasteiger partial charge in [-0.25, -0.2) is 4.79 Å². The van der Waals surface area contributed by atoms with Gasteiger partial charge in [0.05, 0.1) is 0 Å². The monoisotopic (exact) mass is 345 g/mol. The number of rotatable bonds is 4. The molecule has 2 bridgehead atoms. The molecule has 2 fully saturated rings. The average molecular weight is 345 g/mol. The summed E-state index contributed by atoms with van der Waals surface area (Å²) in [6.45, 7) is 8.30. The molecule has 4 nitrogen and oxygen atoms in total. The lowest BCUT2D eigenvalue weighted by Crippen LogP contribution is -2.44. The van der Waals surface area contributed by atoms with Gasteiger partial charge in [0, 0.05) is 12.1 Å². The summed E-state index contributed by atoms with van der Waals surface area (Å²) < 4.78 is 11.5. The molecule has 0 aromatic heterocycles. The Bertz CT molecular complexity index is 591.